The van der Waals surface area contributed by atoms with Gasteiger partial charge in [-0.2, -0.15) is 5.26 Å². The average molecular weight is 227 g/mol. The van der Waals surface area contributed by atoms with Gasteiger partial charge in [-0.15, -0.1) is 0 Å². The highest BCUT2D eigenvalue weighted by Gasteiger charge is 2.22. The maximum Gasteiger partial charge on any atom is 0.215 e. The molecule has 1 unspecified atom stereocenters. The molecular formula is C14H13NO2. The molecule has 17 heavy (non-hydrogen) atoms. The summed E-state index contributed by atoms with van der Waals surface area (Å²) in [5.74, 6) is -0.530. The summed E-state index contributed by atoms with van der Waals surface area (Å²) in [7, 11) is 0. The van der Waals surface area contributed by atoms with Crippen LogP contribution in [0, 0.1) is 17.2 Å². The molecule has 0 N–H and O–H groups in total. The zero-order valence-corrected chi connectivity index (χ0v) is 9.64. The Morgan fingerprint density at radius 1 is 1.47 bits per heavy atom. The summed E-state index contributed by atoms with van der Waals surface area (Å²) in [5.41, 5.74) is 0.684. The van der Waals surface area contributed by atoms with E-state index in [2.05, 4.69) is 0 Å². The molecule has 1 atom stereocenters. The first-order valence-corrected chi connectivity index (χ1v) is 5.68. The number of Topliss-reactive ketones (excluding diaryl/α,β-unsaturated/α-hetero) is 1. The molecule has 0 aliphatic carbocycles. The lowest BCUT2D eigenvalue weighted by atomic mass is 9.99. The number of carbonyl (C=O) groups is 1. The van der Waals surface area contributed by atoms with Crippen LogP contribution in [0.1, 0.15) is 30.3 Å². The largest absolute Gasteiger partial charge is 0.453 e. The summed E-state index contributed by atoms with van der Waals surface area (Å²) in [6.45, 7) is 1.95. The van der Waals surface area contributed by atoms with Crippen LogP contribution in [0.15, 0.2) is 34.7 Å². The van der Waals surface area contributed by atoms with Gasteiger partial charge in [0.1, 0.15) is 11.5 Å². The topological polar surface area (TPSA) is 54.0 Å². The van der Waals surface area contributed by atoms with Gasteiger partial charge in [0.15, 0.2) is 5.76 Å². The molecule has 3 heteroatoms. The quantitative estimate of drug-likeness (QED) is 0.750. The SMILES string of the molecule is CCCC(C#N)C(=O)c1cc2ccccc2o1. The Morgan fingerprint density at radius 2 is 2.24 bits per heavy atom. The van der Waals surface area contributed by atoms with Gasteiger partial charge in [-0.1, -0.05) is 31.5 Å². The van der Waals surface area contributed by atoms with Gasteiger partial charge in [0, 0.05) is 5.39 Å². The summed E-state index contributed by atoms with van der Waals surface area (Å²) in [4.78, 5) is 12.0. The Balaban J connectivity index is 2.33. The van der Waals surface area contributed by atoms with E-state index in [1.165, 1.54) is 0 Å². The summed E-state index contributed by atoms with van der Waals surface area (Å²) in [6.07, 6.45) is 1.39. The number of rotatable bonds is 4. The maximum absolute atomic E-state index is 12.0. The highest BCUT2D eigenvalue weighted by molar-refractivity contribution is 6.00. The molecule has 0 saturated carbocycles. The van der Waals surface area contributed by atoms with Gasteiger partial charge in [-0.05, 0) is 18.6 Å². The predicted molar refractivity (Wildman–Crippen MR) is 64.6 cm³/mol. The maximum atomic E-state index is 12.0. The van der Waals surface area contributed by atoms with Gasteiger partial charge >= 0.3 is 0 Å². The van der Waals surface area contributed by atoms with Gasteiger partial charge in [0.25, 0.3) is 0 Å². The van der Waals surface area contributed by atoms with Crippen LogP contribution in [0.5, 0.6) is 0 Å². The van der Waals surface area contributed by atoms with Crippen LogP contribution in [0.4, 0.5) is 0 Å². The minimum atomic E-state index is -0.597. The fraction of sp³-hybridized carbons (Fsp3) is 0.286. The Bertz CT molecular complexity index is 544. The number of benzene rings is 1. The van der Waals surface area contributed by atoms with E-state index in [0.29, 0.717) is 12.0 Å². The van der Waals surface area contributed by atoms with Crippen molar-refractivity contribution in [2.45, 2.75) is 19.8 Å². The van der Waals surface area contributed by atoms with Crippen molar-refractivity contribution in [1.82, 2.24) is 0 Å². The van der Waals surface area contributed by atoms with E-state index in [-0.39, 0.29) is 11.5 Å². The normalized spacial score (nSPS) is 12.2. The van der Waals surface area contributed by atoms with E-state index >= 15 is 0 Å². The molecule has 2 aromatic rings. The van der Waals surface area contributed by atoms with Crippen molar-refractivity contribution in [3.63, 3.8) is 0 Å². The predicted octanol–water partition coefficient (Wildman–Crippen LogP) is 3.56. The second-order valence-corrected chi connectivity index (χ2v) is 3.98. The number of nitrogens with zero attached hydrogens (tertiary/aromatic N) is 1. The monoisotopic (exact) mass is 227 g/mol. The number of hydrogen-bond acceptors (Lipinski definition) is 3. The van der Waals surface area contributed by atoms with E-state index < -0.39 is 5.92 Å². The molecule has 0 bridgehead atoms. The number of para-hydroxylation sites is 1. The molecule has 2 rings (SSSR count). The van der Waals surface area contributed by atoms with Crippen molar-refractivity contribution in [3.05, 3.63) is 36.1 Å². The number of nitriles is 1. The Morgan fingerprint density at radius 3 is 2.88 bits per heavy atom. The van der Waals surface area contributed by atoms with Gasteiger partial charge in [0.2, 0.25) is 5.78 Å². The van der Waals surface area contributed by atoms with Crippen LogP contribution in [-0.2, 0) is 0 Å². The number of carbonyl (C=O) groups excluding carboxylic acids is 1. The Labute approximate surface area is 99.7 Å². The molecule has 0 amide bonds. The van der Waals surface area contributed by atoms with E-state index in [9.17, 15) is 4.79 Å². The number of hydrogen-bond donors (Lipinski definition) is 0. The van der Waals surface area contributed by atoms with Crippen molar-refractivity contribution < 1.29 is 9.21 Å². The first kappa shape index (κ1) is 11.4. The zero-order valence-electron chi connectivity index (χ0n) is 9.64. The summed E-state index contributed by atoms with van der Waals surface area (Å²) in [5, 5.41) is 9.84. The fourth-order valence-electron chi connectivity index (χ4n) is 1.82. The van der Waals surface area contributed by atoms with Crippen molar-refractivity contribution in [2.24, 2.45) is 5.92 Å². The van der Waals surface area contributed by atoms with Crippen molar-refractivity contribution in [1.29, 1.82) is 5.26 Å². The highest BCUT2D eigenvalue weighted by Crippen LogP contribution is 2.22. The minimum Gasteiger partial charge on any atom is -0.453 e. The lowest BCUT2D eigenvalue weighted by Crippen LogP contribution is -2.11. The summed E-state index contributed by atoms with van der Waals surface area (Å²) in [6, 6.07) is 11.2. The third kappa shape index (κ3) is 2.21. The number of ketones is 1. The second kappa shape index (κ2) is 4.84. The molecule has 0 aliphatic rings. The summed E-state index contributed by atoms with van der Waals surface area (Å²) < 4.78 is 5.46. The third-order valence-corrected chi connectivity index (χ3v) is 2.72. The van der Waals surface area contributed by atoms with E-state index in [1.54, 1.807) is 6.07 Å². The fourth-order valence-corrected chi connectivity index (χ4v) is 1.82. The van der Waals surface area contributed by atoms with Gasteiger partial charge in [-0.25, -0.2) is 0 Å². The molecular weight excluding hydrogens is 214 g/mol. The van der Waals surface area contributed by atoms with E-state index in [1.807, 2.05) is 37.3 Å². The van der Waals surface area contributed by atoms with Crippen molar-refractivity contribution >= 4 is 16.8 Å². The van der Waals surface area contributed by atoms with E-state index in [4.69, 9.17) is 9.68 Å². The minimum absolute atomic E-state index is 0.217. The van der Waals surface area contributed by atoms with Crippen LogP contribution in [0.2, 0.25) is 0 Å². The molecule has 0 saturated heterocycles. The van der Waals surface area contributed by atoms with Gasteiger partial charge in [-0.3, -0.25) is 4.79 Å². The van der Waals surface area contributed by atoms with E-state index in [0.717, 1.165) is 11.8 Å². The Hall–Kier alpha value is -2.08. The lowest BCUT2D eigenvalue weighted by molar-refractivity contribution is 0.0918. The molecule has 1 heterocycles. The van der Waals surface area contributed by atoms with Gasteiger partial charge < -0.3 is 4.42 Å². The number of fused-ring (bicyclic) bond motifs is 1. The lowest BCUT2D eigenvalue weighted by Gasteiger charge is -2.02. The van der Waals surface area contributed by atoms with Gasteiger partial charge in [0.05, 0.1) is 6.07 Å². The number of furan rings is 1. The molecule has 3 nitrogen and oxygen atoms in total. The van der Waals surface area contributed by atoms with Crippen LogP contribution in [-0.4, -0.2) is 5.78 Å². The average Bonchev–Trinajstić information content (AvgIpc) is 2.78. The molecule has 86 valence electrons. The van der Waals surface area contributed by atoms with Crippen LogP contribution in [0.3, 0.4) is 0 Å². The standard InChI is InChI=1S/C14H13NO2/c1-2-5-11(9-15)14(16)13-8-10-6-3-4-7-12(10)17-13/h3-4,6-8,11H,2,5H2,1H3. The molecule has 0 aliphatic heterocycles. The van der Waals surface area contributed by atoms with Crippen molar-refractivity contribution in [3.8, 4) is 6.07 Å². The van der Waals surface area contributed by atoms with Crippen LogP contribution < -0.4 is 0 Å². The summed E-state index contributed by atoms with van der Waals surface area (Å²) >= 11 is 0. The molecule has 1 aromatic carbocycles. The molecule has 1 aromatic heterocycles. The Kier molecular flexibility index (Phi) is 3.24. The zero-order chi connectivity index (χ0) is 12.3. The molecule has 0 fully saturated rings. The smallest absolute Gasteiger partial charge is 0.215 e. The molecule has 0 spiro atoms. The first-order chi connectivity index (χ1) is 8.26. The molecule has 0 radical (unpaired) electrons. The first-order valence-electron chi connectivity index (χ1n) is 5.68. The van der Waals surface area contributed by atoms with Crippen molar-refractivity contribution in [2.75, 3.05) is 0 Å². The van der Waals surface area contributed by atoms with Crippen LogP contribution >= 0.6 is 0 Å². The highest BCUT2D eigenvalue weighted by atomic mass is 16.3. The second-order valence-electron chi connectivity index (χ2n) is 3.98. The van der Waals surface area contributed by atoms with Crippen LogP contribution in [0.25, 0.3) is 11.0 Å². The third-order valence-electron chi connectivity index (χ3n) is 2.72.